The Bertz CT molecular complexity index is 1220. The van der Waals surface area contributed by atoms with E-state index in [0.29, 0.717) is 43.4 Å². The van der Waals surface area contributed by atoms with Crippen molar-refractivity contribution in [3.05, 3.63) is 45.4 Å². The van der Waals surface area contributed by atoms with Crippen molar-refractivity contribution in [2.45, 2.75) is 37.5 Å². The van der Waals surface area contributed by atoms with Gasteiger partial charge in [-0.05, 0) is 25.0 Å². The summed E-state index contributed by atoms with van der Waals surface area (Å²) in [5.41, 5.74) is 0.0992. The van der Waals surface area contributed by atoms with Crippen LogP contribution in [0.25, 0.3) is 0 Å². The number of alkyl halides is 3. The van der Waals surface area contributed by atoms with Gasteiger partial charge in [-0.15, -0.1) is 11.3 Å². The molecule has 0 bridgehead atoms. The van der Waals surface area contributed by atoms with Gasteiger partial charge in [0, 0.05) is 36.4 Å². The Kier molecular flexibility index (Phi) is 6.46. The van der Waals surface area contributed by atoms with Crippen molar-refractivity contribution in [2.24, 2.45) is 5.16 Å². The summed E-state index contributed by atoms with van der Waals surface area (Å²) in [6, 6.07) is 2.58. The molecule has 1 fully saturated rings. The summed E-state index contributed by atoms with van der Waals surface area (Å²) in [4.78, 5) is 22.5. The van der Waals surface area contributed by atoms with Crippen LogP contribution in [0.1, 0.15) is 53.1 Å². The monoisotopic (exact) mass is 519 g/mol. The SMILES string of the molecule is CS(=O)(=O)Oc1cc(C(F)(F)F)ccc1C1CC(c2csc(C3CCN(C(=O)O)CC3)n2)=NO1. The fourth-order valence-corrected chi connectivity index (χ4v) is 5.30. The topological polar surface area (TPSA) is 118 Å². The minimum Gasteiger partial charge on any atom is -0.465 e. The van der Waals surface area contributed by atoms with Gasteiger partial charge in [0.2, 0.25) is 0 Å². The lowest BCUT2D eigenvalue weighted by atomic mass is 9.97. The Labute approximate surface area is 196 Å². The van der Waals surface area contributed by atoms with Crippen molar-refractivity contribution >= 4 is 33.3 Å². The predicted molar refractivity (Wildman–Crippen MR) is 116 cm³/mol. The molecule has 2 aliphatic rings. The number of carbonyl (C=O) groups is 1. The molecule has 0 saturated carbocycles. The molecule has 1 amide bonds. The first kappa shape index (κ1) is 24.3. The number of piperidine rings is 1. The minimum atomic E-state index is -4.68. The highest BCUT2D eigenvalue weighted by atomic mass is 32.2. The van der Waals surface area contributed by atoms with Gasteiger partial charge >= 0.3 is 22.4 Å². The number of carboxylic acid groups (broad SMARTS) is 1. The van der Waals surface area contributed by atoms with Crippen LogP contribution in [0.3, 0.4) is 0 Å². The van der Waals surface area contributed by atoms with Crippen LogP contribution in [0.2, 0.25) is 0 Å². The second kappa shape index (κ2) is 9.06. The number of hydrogen-bond acceptors (Lipinski definition) is 8. The highest BCUT2D eigenvalue weighted by molar-refractivity contribution is 7.86. The highest BCUT2D eigenvalue weighted by Crippen LogP contribution is 2.40. The van der Waals surface area contributed by atoms with Gasteiger partial charge in [0.05, 0.1) is 22.5 Å². The second-order valence-electron chi connectivity index (χ2n) is 7.99. The second-order valence-corrected chi connectivity index (χ2v) is 10.5. The molecule has 1 unspecified atom stereocenters. The predicted octanol–water partition coefficient (Wildman–Crippen LogP) is 4.22. The van der Waals surface area contributed by atoms with E-state index in [4.69, 9.17) is 14.1 Å². The number of likely N-dealkylation sites (tertiary alicyclic amines) is 1. The number of thiazole rings is 1. The third-order valence-electron chi connectivity index (χ3n) is 5.53. The maximum absolute atomic E-state index is 13.1. The molecule has 1 aromatic heterocycles. The number of aromatic nitrogens is 1. The van der Waals surface area contributed by atoms with Gasteiger partial charge < -0.3 is 19.0 Å². The molecule has 0 spiro atoms. The average molecular weight is 520 g/mol. The number of amides is 1. The van der Waals surface area contributed by atoms with E-state index in [2.05, 4.69) is 10.1 Å². The van der Waals surface area contributed by atoms with Gasteiger partial charge in [-0.25, -0.2) is 9.78 Å². The van der Waals surface area contributed by atoms with Gasteiger partial charge in [0.25, 0.3) is 0 Å². The van der Waals surface area contributed by atoms with Gasteiger partial charge in [0.1, 0.15) is 11.5 Å². The van der Waals surface area contributed by atoms with Gasteiger partial charge in [-0.2, -0.15) is 21.6 Å². The maximum atomic E-state index is 13.1. The molecule has 3 heterocycles. The Balaban J connectivity index is 1.49. The normalized spacial score (nSPS) is 19.6. The molecule has 1 N–H and O–H groups in total. The molecule has 9 nitrogen and oxygen atoms in total. The van der Waals surface area contributed by atoms with Gasteiger partial charge in [-0.3, -0.25) is 0 Å². The third-order valence-corrected chi connectivity index (χ3v) is 7.02. The average Bonchev–Trinajstić information content (AvgIpc) is 3.42. The molecular formula is C20H20F3N3O6S2. The molecule has 1 aromatic carbocycles. The molecule has 34 heavy (non-hydrogen) atoms. The highest BCUT2D eigenvalue weighted by Gasteiger charge is 2.35. The molecule has 14 heteroatoms. The minimum absolute atomic E-state index is 0.119. The molecule has 2 aromatic rings. The Hall–Kier alpha value is -2.87. The lowest BCUT2D eigenvalue weighted by molar-refractivity contribution is -0.137. The molecule has 2 aliphatic heterocycles. The van der Waals surface area contributed by atoms with E-state index in [-0.39, 0.29) is 17.9 Å². The summed E-state index contributed by atoms with van der Waals surface area (Å²) in [5.74, 6) is -0.347. The summed E-state index contributed by atoms with van der Waals surface area (Å²) in [6.07, 6.45) is -4.25. The van der Waals surface area contributed by atoms with Crippen LogP contribution in [0.5, 0.6) is 5.75 Å². The van der Waals surface area contributed by atoms with Crippen LogP contribution in [0, 0.1) is 0 Å². The quantitative estimate of drug-likeness (QED) is 0.588. The molecule has 4 rings (SSSR count). The molecule has 0 radical (unpaired) electrons. The zero-order valence-electron chi connectivity index (χ0n) is 17.8. The zero-order chi connectivity index (χ0) is 24.7. The summed E-state index contributed by atoms with van der Waals surface area (Å²) < 4.78 is 67.4. The van der Waals surface area contributed by atoms with Crippen LogP contribution in [0.4, 0.5) is 18.0 Å². The van der Waals surface area contributed by atoms with Crippen LogP contribution in [-0.2, 0) is 21.1 Å². The van der Waals surface area contributed by atoms with E-state index in [0.717, 1.165) is 23.4 Å². The summed E-state index contributed by atoms with van der Waals surface area (Å²) >= 11 is 1.42. The number of nitrogens with zero attached hydrogens (tertiary/aromatic N) is 3. The third kappa shape index (κ3) is 5.43. The molecule has 1 saturated heterocycles. The van der Waals surface area contributed by atoms with Crippen LogP contribution in [0.15, 0.2) is 28.7 Å². The van der Waals surface area contributed by atoms with E-state index >= 15 is 0 Å². The first-order valence-electron chi connectivity index (χ1n) is 10.2. The van der Waals surface area contributed by atoms with E-state index in [1.54, 1.807) is 5.38 Å². The van der Waals surface area contributed by atoms with E-state index in [9.17, 15) is 26.4 Å². The zero-order valence-corrected chi connectivity index (χ0v) is 19.4. The Morgan fingerprint density at radius 1 is 1.29 bits per heavy atom. The van der Waals surface area contributed by atoms with Crippen molar-refractivity contribution < 1.29 is 40.5 Å². The largest absolute Gasteiger partial charge is 0.465 e. The van der Waals surface area contributed by atoms with E-state index < -0.39 is 39.8 Å². The van der Waals surface area contributed by atoms with E-state index in [1.165, 1.54) is 16.2 Å². The Morgan fingerprint density at radius 3 is 2.62 bits per heavy atom. The fraction of sp³-hybridized carbons (Fsp3) is 0.450. The summed E-state index contributed by atoms with van der Waals surface area (Å²) in [6.45, 7) is 0.857. The molecule has 0 aliphatic carbocycles. The number of hydrogen-bond donors (Lipinski definition) is 1. The number of rotatable bonds is 5. The summed E-state index contributed by atoms with van der Waals surface area (Å²) in [7, 11) is -4.09. The van der Waals surface area contributed by atoms with Gasteiger partial charge in [0.15, 0.2) is 6.10 Å². The summed E-state index contributed by atoms with van der Waals surface area (Å²) in [5, 5.41) is 15.7. The lowest BCUT2D eigenvalue weighted by Gasteiger charge is -2.28. The van der Waals surface area contributed by atoms with Crippen LogP contribution >= 0.6 is 11.3 Å². The smallest absolute Gasteiger partial charge is 0.416 e. The molecule has 184 valence electrons. The fourth-order valence-electron chi connectivity index (χ4n) is 3.83. The van der Waals surface area contributed by atoms with Crippen molar-refractivity contribution in [3.63, 3.8) is 0 Å². The molecular weight excluding hydrogens is 499 g/mol. The van der Waals surface area contributed by atoms with Gasteiger partial charge in [-0.1, -0.05) is 11.2 Å². The number of halogens is 3. The van der Waals surface area contributed by atoms with Crippen LogP contribution in [-0.4, -0.2) is 54.6 Å². The molecule has 1 atom stereocenters. The Morgan fingerprint density at radius 2 is 2.00 bits per heavy atom. The van der Waals surface area contributed by atoms with Crippen molar-refractivity contribution in [1.82, 2.24) is 9.88 Å². The standard InChI is InChI=1S/C20H20F3N3O6S2/c1-34(29,30)32-17-8-12(20(21,22)23)2-3-13(17)16-9-14(25-31-16)15-10-33-18(24-15)11-4-6-26(7-5-11)19(27)28/h2-3,8,10-11,16H,4-7,9H2,1H3,(H,27,28). The van der Waals surface area contributed by atoms with Crippen LogP contribution < -0.4 is 4.18 Å². The van der Waals surface area contributed by atoms with E-state index in [1.807, 2.05) is 0 Å². The first-order valence-corrected chi connectivity index (χ1v) is 12.9. The van der Waals surface area contributed by atoms with Crippen molar-refractivity contribution in [3.8, 4) is 5.75 Å². The first-order chi connectivity index (χ1) is 15.9. The maximum Gasteiger partial charge on any atom is 0.416 e. The van der Waals surface area contributed by atoms with Crippen molar-refractivity contribution in [1.29, 1.82) is 0 Å². The van der Waals surface area contributed by atoms with Crippen molar-refractivity contribution in [2.75, 3.05) is 19.3 Å². The number of benzene rings is 1. The lowest BCUT2D eigenvalue weighted by Crippen LogP contribution is -2.36. The number of oxime groups is 1.